The minimum Gasteiger partial charge on any atom is -0.465 e. The first-order valence-corrected chi connectivity index (χ1v) is 5.76. The number of hydrogen-bond donors (Lipinski definition) is 2. The molecule has 0 saturated heterocycles. The lowest BCUT2D eigenvalue weighted by molar-refractivity contribution is 0.00221. The third-order valence-electron chi connectivity index (χ3n) is 2.29. The molecule has 4 nitrogen and oxygen atoms in total. The third kappa shape index (κ3) is 5.36. The molecule has 0 radical (unpaired) electrons. The standard InChI is InChI=1S/C13H19NO3/c1-10(2)17-12(8-9-14-13(15)16)11-6-4-3-5-7-11/h3-7,10,12,14H,8-9H2,1-2H3,(H,15,16). The summed E-state index contributed by atoms with van der Waals surface area (Å²) in [6.07, 6.45) is -0.316. The second-order valence-electron chi connectivity index (χ2n) is 4.10. The Hall–Kier alpha value is -1.55. The molecule has 0 aliphatic rings. The second kappa shape index (κ2) is 6.91. The number of amides is 1. The van der Waals surface area contributed by atoms with Crippen molar-refractivity contribution in [3.8, 4) is 0 Å². The van der Waals surface area contributed by atoms with Gasteiger partial charge in [0, 0.05) is 6.54 Å². The van der Waals surface area contributed by atoms with E-state index >= 15 is 0 Å². The van der Waals surface area contributed by atoms with Crippen LogP contribution in [0.5, 0.6) is 0 Å². The Kier molecular flexibility index (Phi) is 5.49. The molecule has 1 aromatic rings. The molecule has 0 heterocycles. The highest BCUT2D eigenvalue weighted by molar-refractivity contribution is 5.64. The van der Waals surface area contributed by atoms with E-state index in [2.05, 4.69) is 5.32 Å². The predicted octanol–water partition coefficient (Wildman–Crippen LogP) is 2.81. The monoisotopic (exact) mass is 237 g/mol. The molecule has 94 valence electrons. The molecule has 1 atom stereocenters. The van der Waals surface area contributed by atoms with Crippen LogP contribution in [0.2, 0.25) is 0 Å². The molecule has 0 saturated carbocycles. The zero-order valence-corrected chi connectivity index (χ0v) is 10.2. The molecule has 1 rings (SSSR count). The summed E-state index contributed by atoms with van der Waals surface area (Å²) in [7, 11) is 0. The largest absolute Gasteiger partial charge is 0.465 e. The van der Waals surface area contributed by atoms with Crippen LogP contribution in [0.4, 0.5) is 4.79 Å². The number of carboxylic acid groups (broad SMARTS) is 1. The van der Waals surface area contributed by atoms with Gasteiger partial charge in [-0.2, -0.15) is 0 Å². The fourth-order valence-corrected chi connectivity index (χ4v) is 1.62. The first-order valence-electron chi connectivity index (χ1n) is 5.76. The molecule has 1 aromatic carbocycles. The summed E-state index contributed by atoms with van der Waals surface area (Å²) in [5.74, 6) is 0. The number of rotatable bonds is 6. The summed E-state index contributed by atoms with van der Waals surface area (Å²) in [5.41, 5.74) is 1.08. The van der Waals surface area contributed by atoms with Gasteiger partial charge in [0.2, 0.25) is 0 Å². The van der Waals surface area contributed by atoms with E-state index in [1.54, 1.807) is 0 Å². The first kappa shape index (κ1) is 13.5. The Balaban J connectivity index is 2.58. The lowest BCUT2D eigenvalue weighted by Crippen LogP contribution is -2.24. The van der Waals surface area contributed by atoms with Gasteiger partial charge in [-0.25, -0.2) is 4.79 Å². The average Bonchev–Trinajstić information content (AvgIpc) is 2.28. The molecule has 1 amide bonds. The van der Waals surface area contributed by atoms with E-state index in [-0.39, 0.29) is 12.2 Å². The maximum Gasteiger partial charge on any atom is 0.404 e. The highest BCUT2D eigenvalue weighted by atomic mass is 16.5. The highest BCUT2D eigenvalue weighted by Gasteiger charge is 2.13. The normalized spacial score (nSPS) is 12.4. The molecular weight excluding hydrogens is 218 g/mol. The van der Waals surface area contributed by atoms with Crippen LogP contribution < -0.4 is 5.32 Å². The molecule has 0 aliphatic heterocycles. The number of hydrogen-bond acceptors (Lipinski definition) is 2. The molecule has 0 aromatic heterocycles. The maximum atomic E-state index is 10.4. The van der Waals surface area contributed by atoms with Crippen molar-refractivity contribution in [3.05, 3.63) is 35.9 Å². The van der Waals surface area contributed by atoms with Gasteiger partial charge in [0.1, 0.15) is 0 Å². The Bertz CT molecular complexity index is 338. The molecule has 0 bridgehead atoms. The summed E-state index contributed by atoms with van der Waals surface area (Å²) >= 11 is 0. The second-order valence-corrected chi connectivity index (χ2v) is 4.10. The van der Waals surface area contributed by atoms with E-state index < -0.39 is 6.09 Å². The van der Waals surface area contributed by atoms with Gasteiger partial charge in [-0.05, 0) is 25.8 Å². The van der Waals surface area contributed by atoms with E-state index in [9.17, 15) is 4.79 Å². The molecule has 1 unspecified atom stereocenters. The van der Waals surface area contributed by atoms with Crippen molar-refractivity contribution in [2.45, 2.75) is 32.5 Å². The van der Waals surface area contributed by atoms with E-state index in [0.717, 1.165) is 5.56 Å². The maximum absolute atomic E-state index is 10.4. The molecule has 17 heavy (non-hydrogen) atoms. The van der Waals surface area contributed by atoms with Gasteiger partial charge in [0.15, 0.2) is 0 Å². The lowest BCUT2D eigenvalue weighted by atomic mass is 10.1. The zero-order valence-electron chi connectivity index (χ0n) is 10.2. The number of nitrogens with one attached hydrogen (secondary N) is 1. The van der Waals surface area contributed by atoms with Gasteiger partial charge in [-0.1, -0.05) is 30.3 Å². The van der Waals surface area contributed by atoms with Crippen molar-refractivity contribution in [1.82, 2.24) is 5.32 Å². The van der Waals surface area contributed by atoms with Crippen molar-refractivity contribution in [2.24, 2.45) is 0 Å². The van der Waals surface area contributed by atoms with Gasteiger partial charge >= 0.3 is 6.09 Å². The Morgan fingerprint density at radius 2 is 2.00 bits per heavy atom. The van der Waals surface area contributed by atoms with Crippen LogP contribution in [-0.4, -0.2) is 23.8 Å². The zero-order chi connectivity index (χ0) is 12.7. The smallest absolute Gasteiger partial charge is 0.404 e. The van der Waals surface area contributed by atoms with Crippen LogP contribution in [0.3, 0.4) is 0 Å². The van der Waals surface area contributed by atoms with Crippen LogP contribution in [-0.2, 0) is 4.74 Å². The fraction of sp³-hybridized carbons (Fsp3) is 0.462. The topological polar surface area (TPSA) is 58.6 Å². The quantitative estimate of drug-likeness (QED) is 0.799. The van der Waals surface area contributed by atoms with Crippen LogP contribution in [0.15, 0.2) is 30.3 Å². The molecule has 4 heteroatoms. The van der Waals surface area contributed by atoms with Gasteiger partial charge < -0.3 is 15.2 Å². The molecule has 2 N–H and O–H groups in total. The molecular formula is C13H19NO3. The summed E-state index contributed by atoms with van der Waals surface area (Å²) in [6, 6.07) is 9.85. The van der Waals surface area contributed by atoms with Crippen molar-refractivity contribution in [2.75, 3.05) is 6.54 Å². The van der Waals surface area contributed by atoms with E-state index in [1.165, 1.54) is 0 Å². The summed E-state index contributed by atoms with van der Waals surface area (Å²) < 4.78 is 5.79. The lowest BCUT2D eigenvalue weighted by Gasteiger charge is -2.20. The van der Waals surface area contributed by atoms with E-state index in [0.29, 0.717) is 13.0 Å². The summed E-state index contributed by atoms with van der Waals surface area (Å²) in [6.45, 7) is 4.34. The summed E-state index contributed by atoms with van der Waals surface area (Å²) in [5, 5.41) is 10.9. The van der Waals surface area contributed by atoms with Gasteiger partial charge in [-0.3, -0.25) is 0 Å². The van der Waals surface area contributed by atoms with E-state index in [1.807, 2.05) is 44.2 Å². The minimum atomic E-state index is -0.999. The van der Waals surface area contributed by atoms with Gasteiger partial charge in [0.25, 0.3) is 0 Å². The Morgan fingerprint density at radius 1 is 1.35 bits per heavy atom. The number of carbonyl (C=O) groups is 1. The molecule has 0 spiro atoms. The number of ether oxygens (including phenoxy) is 1. The SMILES string of the molecule is CC(C)OC(CCNC(=O)O)c1ccccc1. The van der Waals surface area contributed by atoms with Crippen molar-refractivity contribution in [1.29, 1.82) is 0 Å². The van der Waals surface area contributed by atoms with Crippen LogP contribution in [0.1, 0.15) is 31.9 Å². The van der Waals surface area contributed by atoms with Crippen LogP contribution in [0, 0.1) is 0 Å². The third-order valence-corrected chi connectivity index (χ3v) is 2.29. The molecule has 0 aliphatic carbocycles. The Morgan fingerprint density at radius 3 is 2.53 bits per heavy atom. The van der Waals surface area contributed by atoms with Gasteiger partial charge in [0.05, 0.1) is 12.2 Å². The first-order chi connectivity index (χ1) is 8.09. The van der Waals surface area contributed by atoms with Crippen LogP contribution >= 0.6 is 0 Å². The van der Waals surface area contributed by atoms with Crippen molar-refractivity contribution in [3.63, 3.8) is 0 Å². The predicted molar refractivity (Wildman–Crippen MR) is 66.0 cm³/mol. The minimum absolute atomic E-state index is 0.0666. The van der Waals surface area contributed by atoms with Crippen molar-refractivity contribution < 1.29 is 14.6 Å². The van der Waals surface area contributed by atoms with Crippen LogP contribution in [0.25, 0.3) is 0 Å². The molecule has 0 fully saturated rings. The fourth-order valence-electron chi connectivity index (χ4n) is 1.62. The van der Waals surface area contributed by atoms with E-state index in [4.69, 9.17) is 9.84 Å². The van der Waals surface area contributed by atoms with Crippen molar-refractivity contribution >= 4 is 6.09 Å². The Labute approximate surface area is 102 Å². The average molecular weight is 237 g/mol. The summed E-state index contributed by atoms with van der Waals surface area (Å²) in [4.78, 5) is 10.4. The number of benzene rings is 1. The highest BCUT2D eigenvalue weighted by Crippen LogP contribution is 2.22. The van der Waals surface area contributed by atoms with Gasteiger partial charge in [-0.15, -0.1) is 0 Å².